The molecule has 0 saturated carbocycles. The van der Waals surface area contributed by atoms with Crippen LogP contribution in [0.2, 0.25) is 0 Å². The lowest BCUT2D eigenvalue weighted by Crippen LogP contribution is -2.38. The highest BCUT2D eigenvalue weighted by Gasteiger charge is 2.30. The first-order valence-electron chi connectivity index (χ1n) is 5.72. The van der Waals surface area contributed by atoms with E-state index in [1.165, 1.54) is 5.56 Å². The molecule has 82 valence electrons. The van der Waals surface area contributed by atoms with Gasteiger partial charge in [0.05, 0.1) is 0 Å². The number of aryl methyl sites for hydroxylation is 1. The standard InChI is InChI=1S/C13H18FN/c14-13(8-10-15-11-9-13)7-6-12-4-2-1-3-5-12/h1-5,15H,6-11H2. The lowest BCUT2D eigenvalue weighted by atomic mass is 9.88. The predicted octanol–water partition coefficient (Wildman–Crippen LogP) is 2.71. The third kappa shape index (κ3) is 3.03. The highest BCUT2D eigenvalue weighted by molar-refractivity contribution is 5.15. The van der Waals surface area contributed by atoms with E-state index in [1.54, 1.807) is 0 Å². The van der Waals surface area contributed by atoms with Crippen molar-refractivity contribution in [2.75, 3.05) is 13.1 Å². The molecule has 2 heteroatoms. The fourth-order valence-electron chi connectivity index (χ4n) is 2.14. The SMILES string of the molecule is FC1(CCc2ccccc2)CCNCC1. The summed E-state index contributed by atoms with van der Waals surface area (Å²) in [6.45, 7) is 1.65. The van der Waals surface area contributed by atoms with Crippen LogP contribution >= 0.6 is 0 Å². The highest BCUT2D eigenvalue weighted by atomic mass is 19.1. The lowest BCUT2D eigenvalue weighted by Gasteiger charge is -2.30. The maximum atomic E-state index is 14.2. The quantitative estimate of drug-likeness (QED) is 0.803. The monoisotopic (exact) mass is 207 g/mol. The first kappa shape index (κ1) is 10.6. The molecule has 1 N–H and O–H groups in total. The molecule has 0 spiro atoms. The summed E-state index contributed by atoms with van der Waals surface area (Å²) in [6, 6.07) is 10.2. The third-order valence-corrected chi connectivity index (χ3v) is 3.20. The molecule has 0 amide bonds. The third-order valence-electron chi connectivity index (χ3n) is 3.20. The Balaban J connectivity index is 1.87. The summed E-state index contributed by atoms with van der Waals surface area (Å²) in [5, 5.41) is 3.20. The summed E-state index contributed by atoms with van der Waals surface area (Å²) in [7, 11) is 0. The summed E-state index contributed by atoms with van der Waals surface area (Å²) >= 11 is 0. The van der Waals surface area contributed by atoms with Crippen LogP contribution in [0.25, 0.3) is 0 Å². The van der Waals surface area contributed by atoms with Gasteiger partial charge >= 0.3 is 0 Å². The molecule has 1 aliphatic rings. The molecule has 0 radical (unpaired) electrons. The fourth-order valence-corrected chi connectivity index (χ4v) is 2.14. The van der Waals surface area contributed by atoms with Gasteiger partial charge in [0, 0.05) is 0 Å². The van der Waals surface area contributed by atoms with E-state index in [2.05, 4.69) is 17.4 Å². The maximum absolute atomic E-state index is 14.2. The number of benzene rings is 1. The molecule has 1 heterocycles. The molecule has 1 aliphatic heterocycles. The van der Waals surface area contributed by atoms with Gasteiger partial charge in [0.1, 0.15) is 5.67 Å². The summed E-state index contributed by atoms with van der Waals surface area (Å²) in [5.74, 6) is 0. The molecule has 15 heavy (non-hydrogen) atoms. The Morgan fingerprint density at radius 2 is 1.80 bits per heavy atom. The normalized spacial score (nSPS) is 20.1. The van der Waals surface area contributed by atoms with Crippen molar-refractivity contribution in [3.8, 4) is 0 Å². The van der Waals surface area contributed by atoms with Gasteiger partial charge in [0.25, 0.3) is 0 Å². The van der Waals surface area contributed by atoms with Crippen LogP contribution in [0.4, 0.5) is 4.39 Å². The van der Waals surface area contributed by atoms with Crippen LogP contribution in [0.15, 0.2) is 30.3 Å². The Morgan fingerprint density at radius 1 is 1.13 bits per heavy atom. The summed E-state index contributed by atoms with van der Waals surface area (Å²) < 4.78 is 14.2. The largest absolute Gasteiger partial charge is 0.316 e. The van der Waals surface area contributed by atoms with Crippen LogP contribution in [-0.4, -0.2) is 18.8 Å². The van der Waals surface area contributed by atoms with E-state index in [9.17, 15) is 4.39 Å². The zero-order valence-electron chi connectivity index (χ0n) is 9.01. The Labute approximate surface area is 90.7 Å². The van der Waals surface area contributed by atoms with E-state index in [0.717, 1.165) is 19.5 Å². The average molecular weight is 207 g/mol. The van der Waals surface area contributed by atoms with Crippen molar-refractivity contribution in [3.63, 3.8) is 0 Å². The molecule has 1 aromatic rings. The van der Waals surface area contributed by atoms with Crippen molar-refractivity contribution < 1.29 is 4.39 Å². The van der Waals surface area contributed by atoms with Gasteiger partial charge in [-0.2, -0.15) is 0 Å². The minimum atomic E-state index is -0.929. The van der Waals surface area contributed by atoms with Crippen molar-refractivity contribution in [2.45, 2.75) is 31.4 Å². The van der Waals surface area contributed by atoms with Gasteiger partial charge in [-0.1, -0.05) is 30.3 Å². The van der Waals surface area contributed by atoms with Crippen LogP contribution < -0.4 is 5.32 Å². The van der Waals surface area contributed by atoms with E-state index in [-0.39, 0.29) is 0 Å². The Kier molecular flexibility index (Phi) is 3.37. The van der Waals surface area contributed by atoms with Crippen LogP contribution in [0, 0.1) is 0 Å². The van der Waals surface area contributed by atoms with Crippen molar-refractivity contribution in [3.05, 3.63) is 35.9 Å². The number of hydrogen-bond donors (Lipinski definition) is 1. The van der Waals surface area contributed by atoms with E-state index in [0.29, 0.717) is 19.3 Å². The van der Waals surface area contributed by atoms with Crippen LogP contribution in [0.5, 0.6) is 0 Å². The lowest BCUT2D eigenvalue weighted by molar-refractivity contribution is 0.105. The number of rotatable bonds is 3. The zero-order valence-corrected chi connectivity index (χ0v) is 9.01. The second-order valence-corrected chi connectivity index (χ2v) is 4.39. The smallest absolute Gasteiger partial charge is 0.113 e. The Morgan fingerprint density at radius 3 is 2.47 bits per heavy atom. The molecule has 0 atom stereocenters. The molecule has 1 fully saturated rings. The predicted molar refractivity (Wildman–Crippen MR) is 60.7 cm³/mol. The molecule has 2 rings (SSSR count). The van der Waals surface area contributed by atoms with Crippen LogP contribution in [0.3, 0.4) is 0 Å². The number of halogens is 1. The van der Waals surface area contributed by atoms with Crippen molar-refractivity contribution >= 4 is 0 Å². The van der Waals surface area contributed by atoms with E-state index in [4.69, 9.17) is 0 Å². The molecule has 0 aliphatic carbocycles. The summed E-state index contributed by atoms with van der Waals surface area (Å²) in [4.78, 5) is 0. The van der Waals surface area contributed by atoms with Gasteiger partial charge < -0.3 is 5.32 Å². The van der Waals surface area contributed by atoms with Gasteiger partial charge in [0.2, 0.25) is 0 Å². The molecule has 1 aromatic carbocycles. The molecule has 0 aromatic heterocycles. The van der Waals surface area contributed by atoms with Gasteiger partial charge in [-0.05, 0) is 44.3 Å². The number of hydrogen-bond acceptors (Lipinski definition) is 1. The Bertz CT molecular complexity index is 291. The Hall–Kier alpha value is -0.890. The van der Waals surface area contributed by atoms with Gasteiger partial charge in [-0.25, -0.2) is 4.39 Å². The second-order valence-electron chi connectivity index (χ2n) is 4.39. The fraction of sp³-hybridized carbons (Fsp3) is 0.538. The summed E-state index contributed by atoms with van der Waals surface area (Å²) in [6.07, 6.45) is 2.86. The molecule has 0 unspecified atom stereocenters. The molecule has 0 bridgehead atoms. The second kappa shape index (κ2) is 4.75. The number of alkyl halides is 1. The first-order chi connectivity index (χ1) is 7.29. The minimum absolute atomic E-state index is 0.665. The maximum Gasteiger partial charge on any atom is 0.113 e. The van der Waals surface area contributed by atoms with Crippen LogP contribution in [0.1, 0.15) is 24.8 Å². The number of piperidine rings is 1. The molecular formula is C13H18FN. The van der Waals surface area contributed by atoms with Crippen molar-refractivity contribution in [1.29, 1.82) is 0 Å². The van der Waals surface area contributed by atoms with Crippen LogP contribution in [-0.2, 0) is 6.42 Å². The van der Waals surface area contributed by atoms with E-state index >= 15 is 0 Å². The van der Waals surface area contributed by atoms with E-state index < -0.39 is 5.67 Å². The van der Waals surface area contributed by atoms with Gasteiger partial charge in [-0.15, -0.1) is 0 Å². The average Bonchev–Trinajstić information content (AvgIpc) is 2.29. The van der Waals surface area contributed by atoms with Crippen molar-refractivity contribution in [1.82, 2.24) is 5.32 Å². The van der Waals surface area contributed by atoms with Crippen molar-refractivity contribution in [2.24, 2.45) is 0 Å². The topological polar surface area (TPSA) is 12.0 Å². The number of nitrogens with one attached hydrogen (secondary N) is 1. The molecule has 1 nitrogen and oxygen atoms in total. The highest BCUT2D eigenvalue weighted by Crippen LogP contribution is 2.28. The molecule has 1 saturated heterocycles. The summed E-state index contributed by atoms with van der Waals surface area (Å²) in [5.41, 5.74) is 0.314. The minimum Gasteiger partial charge on any atom is -0.316 e. The zero-order chi connectivity index (χ0) is 10.6. The van der Waals surface area contributed by atoms with E-state index in [1.807, 2.05) is 18.2 Å². The molecular weight excluding hydrogens is 189 g/mol. The first-order valence-corrected chi connectivity index (χ1v) is 5.72. The van der Waals surface area contributed by atoms with Gasteiger partial charge in [-0.3, -0.25) is 0 Å². The van der Waals surface area contributed by atoms with Gasteiger partial charge in [0.15, 0.2) is 0 Å².